The molecular formula is C24H18F3N3O6. The van der Waals surface area contributed by atoms with Crippen molar-refractivity contribution >= 4 is 17.7 Å². The molecule has 2 aromatic carbocycles. The van der Waals surface area contributed by atoms with Crippen LogP contribution in [-0.2, 0) is 17.3 Å². The summed E-state index contributed by atoms with van der Waals surface area (Å²) in [5, 5.41) is 9.62. The van der Waals surface area contributed by atoms with Gasteiger partial charge in [-0.05, 0) is 54.3 Å². The van der Waals surface area contributed by atoms with Crippen molar-refractivity contribution in [2.24, 2.45) is 0 Å². The van der Waals surface area contributed by atoms with Gasteiger partial charge in [-0.3, -0.25) is 18.8 Å². The van der Waals surface area contributed by atoms with E-state index >= 15 is 0 Å². The number of ether oxygens (including phenoxy) is 1. The second kappa shape index (κ2) is 8.40. The summed E-state index contributed by atoms with van der Waals surface area (Å²) in [6, 6.07) is 8.48. The summed E-state index contributed by atoms with van der Waals surface area (Å²) < 4.78 is 47.1. The number of aromatic nitrogens is 2. The maximum atomic E-state index is 13.5. The molecule has 5 rings (SSSR count). The van der Waals surface area contributed by atoms with Crippen molar-refractivity contribution in [3.63, 3.8) is 0 Å². The third-order valence-corrected chi connectivity index (χ3v) is 6.41. The van der Waals surface area contributed by atoms with Gasteiger partial charge in [0, 0.05) is 11.9 Å². The van der Waals surface area contributed by atoms with E-state index in [-0.39, 0.29) is 36.3 Å². The minimum atomic E-state index is -4.61. The van der Waals surface area contributed by atoms with E-state index in [1.165, 1.54) is 41.3 Å². The molecule has 0 radical (unpaired) electrons. The monoisotopic (exact) mass is 501 g/mol. The van der Waals surface area contributed by atoms with Crippen LogP contribution in [0.5, 0.6) is 0 Å². The lowest BCUT2D eigenvalue weighted by molar-refractivity contribution is -0.138. The first-order chi connectivity index (χ1) is 17.1. The highest BCUT2D eigenvalue weighted by Gasteiger charge is 2.38. The van der Waals surface area contributed by atoms with Crippen LogP contribution in [0.1, 0.15) is 39.5 Å². The molecule has 0 unspecified atom stereocenters. The number of aromatic carboxylic acids is 1. The molecule has 1 aliphatic heterocycles. The van der Waals surface area contributed by atoms with E-state index < -0.39 is 46.7 Å². The Hall–Kier alpha value is -4.35. The number of hydrogen-bond donors (Lipinski definition) is 1. The van der Waals surface area contributed by atoms with Crippen molar-refractivity contribution in [2.45, 2.75) is 25.1 Å². The van der Waals surface area contributed by atoms with Crippen molar-refractivity contribution in [1.82, 2.24) is 9.13 Å². The summed E-state index contributed by atoms with van der Waals surface area (Å²) in [5.74, 6) is -1.58. The SMILES string of the molecule is O=C(O)c1cn(-c2ccc(N3CCOC3=O)cc2)c(=O)n([C@@H]2CCc3c2cccc3C(F)(F)F)c1=O. The lowest BCUT2D eigenvalue weighted by Gasteiger charge is -2.19. The Morgan fingerprint density at radius 1 is 1.03 bits per heavy atom. The fraction of sp³-hybridized carbons (Fsp3) is 0.250. The molecule has 12 heteroatoms. The Kier molecular flexibility index (Phi) is 5.46. The number of halogens is 3. The van der Waals surface area contributed by atoms with Gasteiger partial charge in [0.05, 0.1) is 23.8 Å². The second-order valence-electron chi connectivity index (χ2n) is 8.38. The van der Waals surface area contributed by atoms with Crippen molar-refractivity contribution in [2.75, 3.05) is 18.1 Å². The number of carbonyl (C=O) groups excluding carboxylic acids is 1. The van der Waals surface area contributed by atoms with E-state index in [9.17, 15) is 37.5 Å². The molecule has 1 aliphatic carbocycles. The fourth-order valence-electron chi connectivity index (χ4n) is 4.77. The van der Waals surface area contributed by atoms with Crippen LogP contribution >= 0.6 is 0 Å². The Morgan fingerprint density at radius 3 is 2.33 bits per heavy atom. The summed E-state index contributed by atoms with van der Waals surface area (Å²) in [4.78, 5) is 51.5. The second-order valence-corrected chi connectivity index (χ2v) is 8.38. The summed E-state index contributed by atoms with van der Waals surface area (Å²) >= 11 is 0. The molecule has 3 aromatic rings. The fourth-order valence-corrected chi connectivity index (χ4v) is 4.77. The molecule has 0 saturated carbocycles. The largest absolute Gasteiger partial charge is 0.477 e. The summed E-state index contributed by atoms with van der Waals surface area (Å²) in [6.07, 6.45) is -4.25. The Balaban J connectivity index is 1.65. The predicted octanol–water partition coefficient (Wildman–Crippen LogP) is 3.21. The topological polar surface area (TPSA) is 111 Å². The molecule has 1 fully saturated rings. The van der Waals surface area contributed by atoms with E-state index in [1.54, 1.807) is 0 Å². The lowest BCUT2D eigenvalue weighted by Crippen LogP contribution is -2.43. The highest BCUT2D eigenvalue weighted by molar-refractivity contribution is 5.89. The number of benzene rings is 2. The number of rotatable bonds is 4. The number of carboxylic acids is 1. The van der Waals surface area contributed by atoms with Crippen LogP contribution in [0.25, 0.3) is 5.69 Å². The number of amides is 1. The third kappa shape index (κ3) is 3.74. The standard InChI is InChI=1S/C24H18F3N3O6/c25-24(26,27)18-3-1-2-16-15(18)8-9-19(16)30-20(31)17(21(32)33)12-29(22(30)34)14-6-4-13(5-7-14)28-10-11-36-23(28)35/h1-7,12,19H,8-11H2,(H,32,33)/t19-/m1/s1. The molecule has 0 bridgehead atoms. The highest BCUT2D eigenvalue weighted by Crippen LogP contribution is 2.41. The van der Waals surface area contributed by atoms with Crippen LogP contribution in [0.3, 0.4) is 0 Å². The number of anilines is 1. The summed E-state index contributed by atoms with van der Waals surface area (Å²) in [7, 11) is 0. The minimum absolute atomic E-state index is 0.0181. The maximum absolute atomic E-state index is 13.5. The number of carboxylic acid groups (broad SMARTS) is 1. The number of nitrogens with zero attached hydrogens (tertiary/aromatic N) is 3. The van der Waals surface area contributed by atoms with E-state index in [2.05, 4.69) is 0 Å². The Bertz CT molecular complexity index is 1510. The average Bonchev–Trinajstić information content (AvgIpc) is 3.45. The quantitative estimate of drug-likeness (QED) is 0.588. The number of cyclic esters (lactones) is 1. The molecule has 2 aliphatic rings. The number of alkyl halides is 3. The zero-order valence-electron chi connectivity index (χ0n) is 18.5. The zero-order valence-corrected chi connectivity index (χ0v) is 18.5. The van der Waals surface area contributed by atoms with Gasteiger partial charge in [-0.15, -0.1) is 0 Å². The van der Waals surface area contributed by atoms with Gasteiger partial charge < -0.3 is 9.84 Å². The lowest BCUT2D eigenvalue weighted by atomic mass is 10.0. The first-order valence-corrected chi connectivity index (χ1v) is 10.9. The van der Waals surface area contributed by atoms with E-state index in [0.717, 1.165) is 16.8 Å². The Labute approximate surface area is 200 Å². The number of carbonyl (C=O) groups is 2. The molecule has 186 valence electrons. The molecule has 1 saturated heterocycles. The molecule has 0 spiro atoms. The molecular weight excluding hydrogens is 483 g/mol. The van der Waals surface area contributed by atoms with E-state index in [4.69, 9.17) is 4.74 Å². The van der Waals surface area contributed by atoms with Gasteiger partial charge in [0.15, 0.2) is 0 Å². The van der Waals surface area contributed by atoms with Crippen molar-refractivity contribution in [3.05, 3.63) is 91.8 Å². The van der Waals surface area contributed by atoms with Crippen molar-refractivity contribution in [3.8, 4) is 5.69 Å². The van der Waals surface area contributed by atoms with Crippen LogP contribution in [0, 0.1) is 0 Å². The van der Waals surface area contributed by atoms with Gasteiger partial charge in [-0.2, -0.15) is 13.2 Å². The summed E-state index contributed by atoms with van der Waals surface area (Å²) in [6.45, 7) is 0.569. The van der Waals surface area contributed by atoms with Gasteiger partial charge in [-0.25, -0.2) is 14.4 Å². The van der Waals surface area contributed by atoms with Crippen LogP contribution in [-0.4, -0.2) is 39.5 Å². The van der Waals surface area contributed by atoms with Gasteiger partial charge in [0.25, 0.3) is 5.56 Å². The first-order valence-electron chi connectivity index (χ1n) is 10.9. The van der Waals surface area contributed by atoms with Gasteiger partial charge >= 0.3 is 23.9 Å². The van der Waals surface area contributed by atoms with Crippen molar-refractivity contribution < 1.29 is 32.6 Å². The highest BCUT2D eigenvalue weighted by atomic mass is 19.4. The van der Waals surface area contributed by atoms with Crippen LogP contribution < -0.4 is 16.1 Å². The molecule has 36 heavy (non-hydrogen) atoms. The van der Waals surface area contributed by atoms with E-state index in [1.807, 2.05) is 0 Å². The minimum Gasteiger partial charge on any atom is -0.477 e. The molecule has 1 atom stereocenters. The summed E-state index contributed by atoms with van der Waals surface area (Å²) in [5.41, 5.74) is -2.72. The average molecular weight is 501 g/mol. The zero-order chi connectivity index (χ0) is 25.8. The van der Waals surface area contributed by atoms with Crippen LogP contribution in [0.4, 0.5) is 23.7 Å². The normalized spacial score (nSPS) is 17.2. The number of fused-ring (bicyclic) bond motifs is 1. The van der Waals surface area contributed by atoms with Crippen LogP contribution in [0.15, 0.2) is 58.3 Å². The molecule has 1 amide bonds. The first kappa shape index (κ1) is 23.4. The molecule has 9 nitrogen and oxygen atoms in total. The Morgan fingerprint density at radius 2 is 1.72 bits per heavy atom. The maximum Gasteiger partial charge on any atom is 0.416 e. The number of hydrogen-bond acceptors (Lipinski definition) is 5. The molecule has 1 N–H and O–H groups in total. The van der Waals surface area contributed by atoms with Gasteiger partial charge in [-0.1, -0.05) is 12.1 Å². The van der Waals surface area contributed by atoms with Gasteiger partial charge in [0.1, 0.15) is 12.2 Å². The predicted molar refractivity (Wildman–Crippen MR) is 120 cm³/mol. The smallest absolute Gasteiger partial charge is 0.416 e. The molecule has 1 aromatic heterocycles. The third-order valence-electron chi connectivity index (χ3n) is 6.41. The van der Waals surface area contributed by atoms with E-state index in [0.29, 0.717) is 16.8 Å². The van der Waals surface area contributed by atoms with Crippen molar-refractivity contribution in [1.29, 1.82) is 0 Å². The van der Waals surface area contributed by atoms with Crippen LogP contribution in [0.2, 0.25) is 0 Å². The molecule has 2 heterocycles. The van der Waals surface area contributed by atoms with Gasteiger partial charge in [0.2, 0.25) is 0 Å².